The first-order chi connectivity index (χ1) is 16.1. The van der Waals surface area contributed by atoms with Crippen molar-refractivity contribution in [3.05, 3.63) is 59.1 Å². The van der Waals surface area contributed by atoms with Gasteiger partial charge >= 0.3 is 5.97 Å². The fraction of sp³-hybridized carbons (Fsp3) is 0.462. The number of ether oxygens (including phenoxy) is 3. The molecule has 0 N–H and O–H groups in total. The molecule has 0 bridgehead atoms. The molecule has 1 saturated heterocycles. The van der Waals surface area contributed by atoms with Gasteiger partial charge in [0.1, 0.15) is 24.7 Å². The number of likely N-dealkylation sites (tertiary alicyclic amines) is 1. The van der Waals surface area contributed by atoms with E-state index in [1.165, 1.54) is 5.56 Å². The maximum absolute atomic E-state index is 13.1. The number of rotatable bonds is 3. The smallest absolute Gasteiger partial charge is 0.312 e. The van der Waals surface area contributed by atoms with Crippen molar-refractivity contribution >= 4 is 23.5 Å². The highest BCUT2D eigenvalue weighted by Gasteiger charge is 2.43. The van der Waals surface area contributed by atoms with Gasteiger partial charge in [0.2, 0.25) is 0 Å². The maximum Gasteiger partial charge on any atom is 0.312 e. The Balaban J connectivity index is 1.32. The molecule has 33 heavy (non-hydrogen) atoms. The zero-order valence-electron chi connectivity index (χ0n) is 18.8. The Labute approximate surface area is 199 Å². The highest BCUT2D eigenvalue weighted by atomic mass is 35.5. The molecule has 0 atom stereocenters. The number of hydrogen-bond acceptors (Lipinski definition) is 5. The van der Waals surface area contributed by atoms with Crippen LogP contribution >= 0.6 is 11.6 Å². The van der Waals surface area contributed by atoms with Crippen LogP contribution in [0, 0.1) is 5.41 Å². The summed E-state index contributed by atoms with van der Waals surface area (Å²) in [5.41, 5.74) is 0.659. The Kier molecular flexibility index (Phi) is 7.76. The molecule has 176 valence electrons. The number of cyclic esters (lactones) is 1. The van der Waals surface area contributed by atoms with Crippen LogP contribution in [0.4, 0.5) is 0 Å². The van der Waals surface area contributed by atoms with Gasteiger partial charge in [-0.25, -0.2) is 0 Å². The standard InChI is InChI=1S/C26H30ClNO5/c27-21-8-10-22(11-9-21)33-19-24(29)28-15-13-26(14-16-28)12-4-3-6-20-5-1-2-7-23(20)31-17-18-32-25(26)30/h1-2,5,7-11H,3-4,6,12-19H2. The molecule has 2 aliphatic heterocycles. The summed E-state index contributed by atoms with van der Waals surface area (Å²) >= 11 is 5.88. The first kappa shape index (κ1) is 23.4. The number of esters is 1. The molecule has 0 radical (unpaired) electrons. The lowest BCUT2D eigenvalue weighted by molar-refractivity contribution is -0.162. The van der Waals surface area contributed by atoms with Gasteiger partial charge < -0.3 is 19.1 Å². The van der Waals surface area contributed by atoms with Crippen molar-refractivity contribution in [1.82, 2.24) is 4.90 Å². The van der Waals surface area contributed by atoms with E-state index in [9.17, 15) is 9.59 Å². The van der Waals surface area contributed by atoms with Crippen LogP contribution in [-0.2, 0) is 20.7 Å². The number of benzene rings is 2. The predicted molar refractivity (Wildman–Crippen MR) is 126 cm³/mol. The number of amides is 1. The first-order valence-electron chi connectivity index (χ1n) is 11.6. The topological polar surface area (TPSA) is 65.1 Å². The largest absolute Gasteiger partial charge is 0.490 e. The zero-order valence-corrected chi connectivity index (χ0v) is 19.5. The van der Waals surface area contributed by atoms with E-state index in [2.05, 4.69) is 6.07 Å². The van der Waals surface area contributed by atoms with Crippen LogP contribution in [0.15, 0.2) is 48.5 Å². The predicted octanol–water partition coefficient (Wildman–Crippen LogP) is 4.68. The lowest BCUT2D eigenvalue weighted by Gasteiger charge is -2.40. The summed E-state index contributed by atoms with van der Waals surface area (Å²) in [5.74, 6) is 1.24. The second kappa shape index (κ2) is 10.9. The van der Waals surface area contributed by atoms with E-state index in [0.717, 1.165) is 31.4 Å². The third kappa shape index (κ3) is 5.99. The van der Waals surface area contributed by atoms with Gasteiger partial charge in [-0.3, -0.25) is 9.59 Å². The van der Waals surface area contributed by atoms with E-state index in [4.69, 9.17) is 25.8 Å². The van der Waals surface area contributed by atoms with Gasteiger partial charge in [-0.1, -0.05) is 36.2 Å². The van der Waals surface area contributed by atoms with Crippen LogP contribution in [0.3, 0.4) is 0 Å². The molecule has 7 heteroatoms. The number of piperidine rings is 1. The second-order valence-corrected chi connectivity index (χ2v) is 9.14. The van der Waals surface area contributed by atoms with Crippen molar-refractivity contribution in [3.63, 3.8) is 0 Å². The lowest BCUT2D eigenvalue weighted by atomic mass is 9.74. The van der Waals surface area contributed by atoms with Crippen LogP contribution in [-0.4, -0.2) is 49.7 Å². The summed E-state index contributed by atoms with van der Waals surface area (Å²) in [5, 5.41) is 0.620. The molecule has 1 fully saturated rings. The monoisotopic (exact) mass is 471 g/mol. The highest BCUT2D eigenvalue weighted by molar-refractivity contribution is 6.30. The normalized spacial score (nSPS) is 18.8. The van der Waals surface area contributed by atoms with Crippen molar-refractivity contribution in [2.45, 2.75) is 38.5 Å². The van der Waals surface area contributed by atoms with Crippen LogP contribution in [0.25, 0.3) is 0 Å². The number of carbonyl (C=O) groups excluding carboxylic acids is 2. The average Bonchev–Trinajstić information content (AvgIpc) is 2.84. The summed E-state index contributed by atoms with van der Waals surface area (Å²) in [6, 6.07) is 15.0. The van der Waals surface area contributed by atoms with Crippen molar-refractivity contribution in [3.8, 4) is 11.5 Å². The molecule has 2 aromatic carbocycles. The second-order valence-electron chi connectivity index (χ2n) is 8.70. The van der Waals surface area contributed by atoms with Gasteiger partial charge in [0.05, 0.1) is 5.41 Å². The number of carbonyl (C=O) groups is 2. The lowest BCUT2D eigenvalue weighted by Crippen LogP contribution is -2.48. The van der Waals surface area contributed by atoms with Gasteiger partial charge in [0.25, 0.3) is 5.91 Å². The van der Waals surface area contributed by atoms with E-state index in [0.29, 0.717) is 43.3 Å². The third-order valence-corrected chi connectivity index (χ3v) is 6.83. The Morgan fingerprint density at radius 1 is 0.970 bits per heavy atom. The molecule has 6 nitrogen and oxygen atoms in total. The number of nitrogens with zero attached hydrogens (tertiary/aromatic N) is 1. The van der Waals surface area contributed by atoms with Crippen molar-refractivity contribution in [1.29, 1.82) is 0 Å². The van der Waals surface area contributed by atoms with Gasteiger partial charge in [0.15, 0.2) is 6.61 Å². The number of fused-ring (bicyclic) bond motifs is 1. The van der Waals surface area contributed by atoms with Crippen LogP contribution in [0.2, 0.25) is 5.02 Å². The van der Waals surface area contributed by atoms with Crippen molar-refractivity contribution in [2.75, 3.05) is 32.9 Å². The Morgan fingerprint density at radius 2 is 1.70 bits per heavy atom. The van der Waals surface area contributed by atoms with Crippen molar-refractivity contribution in [2.24, 2.45) is 5.41 Å². The molecular weight excluding hydrogens is 442 g/mol. The minimum absolute atomic E-state index is 0.0319. The van der Waals surface area contributed by atoms with Gasteiger partial charge in [-0.05, 0) is 68.0 Å². The van der Waals surface area contributed by atoms with Crippen LogP contribution < -0.4 is 9.47 Å². The Hall–Kier alpha value is -2.73. The number of hydrogen-bond donors (Lipinski definition) is 0. The molecule has 0 aromatic heterocycles. The van der Waals surface area contributed by atoms with Crippen LogP contribution in [0.1, 0.15) is 37.7 Å². The summed E-state index contributed by atoms with van der Waals surface area (Å²) in [4.78, 5) is 27.5. The summed E-state index contributed by atoms with van der Waals surface area (Å²) < 4.78 is 17.1. The quantitative estimate of drug-likeness (QED) is 0.608. The first-order valence-corrected chi connectivity index (χ1v) is 12.0. The van der Waals surface area contributed by atoms with E-state index in [-0.39, 0.29) is 25.1 Å². The summed E-state index contributed by atoms with van der Waals surface area (Å²) in [6.45, 7) is 1.59. The van der Waals surface area contributed by atoms with Gasteiger partial charge in [0, 0.05) is 18.1 Å². The Bertz CT molecular complexity index is 953. The molecular formula is C26H30ClNO5. The van der Waals surface area contributed by atoms with E-state index >= 15 is 0 Å². The molecule has 1 spiro atoms. The number of para-hydroxylation sites is 1. The Morgan fingerprint density at radius 3 is 2.48 bits per heavy atom. The SMILES string of the molecule is O=C(COc1ccc(Cl)cc1)N1CCC2(CCCCc3ccccc3OCCOC2=O)CC1. The highest BCUT2D eigenvalue weighted by Crippen LogP contribution is 2.38. The molecule has 0 aliphatic carbocycles. The van der Waals surface area contributed by atoms with E-state index < -0.39 is 5.41 Å². The molecule has 2 heterocycles. The van der Waals surface area contributed by atoms with E-state index in [1.807, 2.05) is 18.2 Å². The fourth-order valence-corrected chi connectivity index (χ4v) is 4.70. The van der Waals surface area contributed by atoms with Crippen molar-refractivity contribution < 1.29 is 23.8 Å². The van der Waals surface area contributed by atoms with Crippen LogP contribution in [0.5, 0.6) is 11.5 Å². The fourth-order valence-electron chi connectivity index (χ4n) is 4.58. The molecule has 4 rings (SSSR count). The summed E-state index contributed by atoms with van der Waals surface area (Å²) in [6.07, 6.45) is 4.82. The third-order valence-electron chi connectivity index (χ3n) is 6.58. The summed E-state index contributed by atoms with van der Waals surface area (Å²) in [7, 11) is 0. The van der Waals surface area contributed by atoms with Gasteiger partial charge in [-0.2, -0.15) is 0 Å². The molecule has 2 aromatic rings. The number of halogens is 1. The molecule has 1 amide bonds. The zero-order chi connectivity index (χ0) is 23.1. The van der Waals surface area contributed by atoms with Gasteiger partial charge in [-0.15, -0.1) is 0 Å². The molecule has 0 unspecified atom stereocenters. The minimum atomic E-state index is -0.535. The maximum atomic E-state index is 13.1. The minimum Gasteiger partial charge on any atom is -0.490 e. The number of aryl methyl sites for hydroxylation is 1. The average molecular weight is 472 g/mol. The molecule has 2 aliphatic rings. The van der Waals surface area contributed by atoms with E-state index in [1.54, 1.807) is 29.2 Å². The molecule has 0 saturated carbocycles.